The molecule has 0 unspecified atom stereocenters. The number of aliphatic hydroxyl groups is 2. The summed E-state index contributed by atoms with van der Waals surface area (Å²) in [6.45, 7) is 0.604. The summed E-state index contributed by atoms with van der Waals surface area (Å²) in [7, 11) is 0. The molecule has 6 atom stereocenters. The first-order chi connectivity index (χ1) is 14.4. The van der Waals surface area contributed by atoms with Crippen LogP contribution >= 0.6 is 0 Å². The van der Waals surface area contributed by atoms with E-state index in [1.165, 1.54) is 12.1 Å². The van der Waals surface area contributed by atoms with Crippen molar-refractivity contribution < 1.29 is 34.0 Å². The number of aliphatic hydroxyl groups excluding tert-OH is 2. The molecule has 0 aromatic heterocycles. The quantitative estimate of drug-likeness (QED) is 0.529. The van der Waals surface area contributed by atoms with Crippen LogP contribution in [-0.2, 0) is 9.53 Å². The predicted octanol–water partition coefficient (Wildman–Crippen LogP) is 3.17. The van der Waals surface area contributed by atoms with Gasteiger partial charge < -0.3 is 24.8 Å². The van der Waals surface area contributed by atoms with Crippen molar-refractivity contribution in [2.24, 2.45) is 17.8 Å². The van der Waals surface area contributed by atoms with Crippen LogP contribution in [0.3, 0.4) is 0 Å². The van der Waals surface area contributed by atoms with Crippen LogP contribution in [0.5, 0.6) is 5.75 Å². The molecule has 1 saturated carbocycles. The van der Waals surface area contributed by atoms with E-state index >= 15 is 0 Å². The molecular formula is C23H31FO6. The molecule has 2 aliphatic rings. The SMILES string of the molecule is O=C(O)CCC[C@H]1CC[C@@H]2[C@@H](/C=C/[C@H](O)COc3cccc(F)c3)[C@H](O)C[C@@H]2OC1. The molecule has 0 radical (unpaired) electrons. The van der Waals surface area contributed by atoms with Crippen molar-refractivity contribution in [2.75, 3.05) is 13.2 Å². The first kappa shape index (κ1) is 22.7. The number of rotatable bonds is 9. The van der Waals surface area contributed by atoms with Crippen molar-refractivity contribution in [2.45, 2.75) is 56.8 Å². The third kappa shape index (κ3) is 6.52. The Bertz CT molecular complexity index is 723. The minimum Gasteiger partial charge on any atom is -0.490 e. The van der Waals surface area contributed by atoms with E-state index in [1.54, 1.807) is 18.2 Å². The Balaban J connectivity index is 1.49. The molecule has 1 aliphatic heterocycles. The third-order valence-electron chi connectivity index (χ3n) is 6.12. The summed E-state index contributed by atoms with van der Waals surface area (Å²) in [5.41, 5.74) is 0. The highest BCUT2D eigenvalue weighted by Gasteiger charge is 2.43. The highest BCUT2D eigenvalue weighted by molar-refractivity contribution is 5.66. The maximum absolute atomic E-state index is 13.2. The van der Waals surface area contributed by atoms with E-state index in [9.17, 15) is 19.4 Å². The van der Waals surface area contributed by atoms with Crippen LogP contribution in [0.15, 0.2) is 36.4 Å². The number of hydrogen-bond donors (Lipinski definition) is 3. The summed E-state index contributed by atoms with van der Waals surface area (Å²) >= 11 is 0. The lowest BCUT2D eigenvalue weighted by Crippen LogP contribution is -2.22. The summed E-state index contributed by atoms with van der Waals surface area (Å²) in [4.78, 5) is 10.7. The Morgan fingerprint density at radius 1 is 1.37 bits per heavy atom. The molecule has 1 aromatic carbocycles. The van der Waals surface area contributed by atoms with Crippen molar-refractivity contribution in [3.05, 3.63) is 42.2 Å². The number of fused-ring (bicyclic) bond motifs is 1. The monoisotopic (exact) mass is 422 g/mol. The van der Waals surface area contributed by atoms with Gasteiger partial charge in [-0.25, -0.2) is 4.39 Å². The number of benzene rings is 1. The van der Waals surface area contributed by atoms with Crippen LogP contribution in [0.4, 0.5) is 4.39 Å². The first-order valence-electron chi connectivity index (χ1n) is 10.7. The molecule has 0 bridgehead atoms. The summed E-state index contributed by atoms with van der Waals surface area (Å²) < 4.78 is 24.7. The smallest absolute Gasteiger partial charge is 0.303 e. The molecule has 3 N–H and O–H groups in total. The second-order valence-corrected chi connectivity index (χ2v) is 8.37. The third-order valence-corrected chi connectivity index (χ3v) is 6.12. The fourth-order valence-electron chi connectivity index (χ4n) is 4.54. The van der Waals surface area contributed by atoms with Gasteiger partial charge in [0.2, 0.25) is 0 Å². The van der Waals surface area contributed by atoms with Gasteiger partial charge in [-0.1, -0.05) is 18.2 Å². The first-order valence-corrected chi connectivity index (χ1v) is 10.7. The van der Waals surface area contributed by atoms with E-state index in [0.29, 0.717) is 31.1 Å². The highest BCUT2D eigenvalue weighted by Crippen LogP contribution is 2.42. The molecule has 1 aliphatic carbocycles. The van der Waals surface area contributed by atoms with Crippen molar-refractivity contribution in [1.82, 2.24) is 0 Å². The van der Waals surface area contributed by atoms with Crippen LogP contribution in [0.25, 0.3) is 0 Å². The van der Waals surface area contributed by atoms with Gasteiger partial charge in [0.05, 0.1) is 12.2 Å². The van der Waals surface area contributed by atoms with Gasteiger partial charge in [-0.2, -0.15) is 0 Å². The van der Waals surface area contributed by atoms with E-state index < -0.39 is 24.0 Å². The molecule has 3 rings (SSSR count). The zero-order valence-corrected chi connectivity index (χ0v) is 17.0. The zero-order chi connectivity index (χ0) is 21.5. The molecule has 1 heterocycles. The van der Waals surface area contributed by atoms with Gasteiger partial charge in [0.25, 0.3) is 0 Å². The van der Waals surface area contributed by atoms with Gasteiger partial charge in [0.1, 0.15) is 24.3 Å². The molecule has 0 amide bonds. The molecule has 2 fully saturated rings. The van der Waals surface area contributed by atoms with Gasteiger partial charge in [-0.15, -0.1) is 0 Å². The molecule has 0 spiro atoms. The summed E-state index contributed by atoms with van der Waals surface area (Å²) in [5.74, 6) is -0.382. The Hall–Kier alpha value is -1.96. The van der Waals surface area contributed by atoms with Crippen molar-refractivity contribution >= 4 is 5.97 Å². The van der Waals surface area contributed by atoms with E-state index in [1.807, 2.05) is 6.08 Å². The second-order valence-electron chi connectivity index (χ2n) is 8.37. The standard InChI is InChI=1S/C23H31FO6/c24-16-4-2-5-18(11-16)29-14-17(25)8-10-19-20-9-7-15(3-1-6-23(27)28)13-30-22(20)12-21(19)26/h2,4-5,8,10-11,15,17,19-22,25-26H,1,3,6-7,9,12-14H2,(H,27,28)/b10-8+/t15-,17-,19+,20+,21+,22-/m0/s1. The second kappa shape index (κ2) is 10.9. The fourth-order valence-corrected chi connectivity index (χ4v) is 4.54. The van der Waals surface area contributed by atoms with Gasteiger partial charge in [-0.3, -0.25) is 4.79 Å². The van der Waals surface area contributed by atoms with Gasteiger partial charge in [0.15, 0.2) is 0 Å². The topological polar surface area (TPSA) is 96.2 Å². The number of halogens is 1. The van der Waals surface area contributed by atoms with Crippen LogP contribution in [0.1, 0.15) is 38.5 Å². The van der Waals surface area contributed by atoms with Crippen LogP contribution in [0, 0.1) is 23.6 Å². The molecule has 1 aromatic rings. The number of carboxylic acid groups (broad SMARTS) is 1. The number of carboxylic acids is 1. The molecule has 7 heteroatoms. The van der Waals surface area contributed by atoms with Crippen LogP contribution in [-0.4, -0.2) is 52.8 Å². The molecule has 1 saturated heterocycles. The molecule has 166 valence electrons. The van der Waals surface area contributed by atoms with E-state index in [0.717, 1.165) is 19.3 Å². The van der Waals surface area contributed by atoms with Gasteiger partial charge in [-0.05, 0) is 49.7 Å². The lowest BCUT2D eigenvalue weighted by Gasteiger charge is -2.21. The van der Waals surface area contributed by atoms with Crippen molar-refractivity contribution in [1.29, 1.82) is 0 Å². The average molecular weight is 422 g/mol. The van der Waals surface area contributed by atoms with E-state index in [2.05, 4.69) is 0 Å². The van der Waals surface area contributed by atoms with Crippen molar-refractivity contribution in [3.63, 3.8) is 0 Å². The fraction of sp³-hybridized carbons (Fsp3) is 0.609. The molecule has 6 nitrogen and oxygen atoms in total. The minimum atomic E-state index is -0.866. The number of ether oxygens (including phenoxy) is 2. The number of aliphatic carboxylic acids is 1. The summed E-state index contributed by atoms with van der Waals surface area (Å²) in [6.07, 6.45) is 6.18. The normalized spacial score (nSPS) is 30.0. The highest BCUT2D eigenvalue weighted by atomic mass is 19.1. The Labute approximate surface area is 176 Å². The summed E-state index contributed by atoms with van der Waals surface area (Å²) in [5, 5.41) is 29.5. The lowest BCUT2D eigenvalue weighted by atomic mass is 9.86. The summed E-state index contributed by atoms with van der Waals surface area (Å²) in [6, 6.07) is 5.76. The molecular weight excluding hydrogens is 391 g/mol. The largest absolute Gasteiger partial charge is 0.490 e. The van der Waals surface area contributed by atoms with E-state index in [4.69, 9.17) is 14.6 Å². The Morgan fingerprint density at radius 3 is 2.97 bits per heavy atom. The van der Waals surface area contributed by atoms with Gasteiger partial charge in [0, 0.05) is 31.4 Å². The minimum absolute atomic E-state index is 0.000977. The number of hydrogen-bond acceptors (Lipinski definition) is 5. The molecule has 30 heavy (non-hydrogen) atoms. The maximum Gasteiger partial charge on any atom is 0.303 e. The van der Waals surface area contributed by atoms with Crippen LogP contribution in [0.2, 0.25) is 0 Å². The lowest BCUT2D eigenvalue weighted by molar-refractivity contribution is -0.137. The van der Waals surface area contributed by atoms with E-state index in [-0.39, 0.29) is 31.0 Å². The Morgan fingerprint density at radius 2 is 2.20 bits per heavy atom. The average Bonchev–Trinajstić information content (AvgIpc) is 2.86. The van der Waals surface area contributed by atoms with Crippen LogP contribution < -0.4 is 4.74 Å². The Kier molecular flexibility index (Phi) is 8.24. The van der Waals surface area contributed by atoms with Crippen molar-refractivity contribution in [3.8, 4) is 5.75 Å². The predicted molar refractivity (Wildman–Crippen MR) is 109 cm³/mol. The zero-order valence-electron chi connectivity index (χ0n) is 17.0. The number of carbonyl (C=O) groups is 1. The maximum atomic E-state index is 13.2. The van der Waals surface area contributed by atoms with Gasteiger partial charge >= 0.3 is 5.97 Å².